The minimum atomic E-state index is -0.735. The summed E-state index contributed by atoms with van der Waals surface area (Å²) in [5, 5.41) is 9.69. The average Bonchev–Trinajstić information content (AvgIpc) is 2.47. The SMILES string of the molecule is CCCCC1(C(=O)O)C=CC(C)=C(c2ccccc2)C1. The second-order valence-electron chi connectivity index (χ2n) is 5.60. The van der Waals surface area contributed by atoms with Gasteiger partial charge in [-0.15, -0.1) is 0 Å². The van der Waals surface area contributed by atoms with Gasteiger partial charge in [0.05, 0.1) is 5.41 Å². The molecule has 20 heavy (non-hydrogen) atoms. The summed E-state index contributed by atoms with van der Waals surface area (Å²) >= 11 is 0. The number of unbranched alkanes of at least 4 members (excludes halogenated alkanes) is 1. The van der Waals surface area contributed by atoms with Gasteiger partial charge in [-0.3, -0.25) is 4.79 Å². The molecule has 106 valence electrons. The summed E-state index contributed by atoms with van der Waals surface area (Å²) in [5.41, 5.74) is 2.73. The smallest absolute Gasteiger partial charge is 0.313 e. The minimum Gasteiger partial charge on any atom is -0.481 e. The first-order valence-electron chi connectivity index (χ1n) is 7.27. The lowest BCUT2D eigenvalue weighted by Gasteiger charge is -2.31. The van der Waals surface area contributed by atoms with Crippen LogP contribution in [-0.2, 0) is 4.79 Å². The van der Waals surface area contributed by atoms with E-state index in [1.165, 1.54) is 5.57 Å². The van der Waals surface area contributed by atoms with Gasteiger partial charge in [-0.05, 0) is 36.5 Å². The van der Waals surface area contributed by atoms with Gasteiger partial charge in [0.1, 0.15) is 0 Å². The molecule has 1 aliphatic carbocycles. The molecule has 0 aliphatic heterocycles. The number of carbonyl (C=O) groups is 1. The van der Waals surface area contributed by atoms with Crippen LogP contribution in [0.4, 0.5) is 0 Å². The number of hydrogen-bond donors (Lipinski definition) is 1. The summed E-state index contributed by atoms with van der Waals surface area (Å²) in [7, 11) is 0. The third kappa shape index (κ3) is 2.84. The van der Waals surface area contributed by atoms with E-state index >= 15 is 0 Å². The van der Waals surface area contributed by atoms with Gasteiger partial charge in [0.15, 0.2) is 0 Å². The van der Waals surface area contributed by atoms with Crippen LogP contribution in [0.5, 0.6) is 0 Å². The third-order valence-corrected chi connectivity index (χ3v) is 4.15. The highest BCUT2D eigenvalue weighted by molar-refractivity contribution is 5.84. The van der Waals surface area contributed by atoms with Gasteiger partial charge in [0.2, 0.25) is 0 Å². The van der Waals surface area contributed by atoms with Crippen molar-refractivity contribution in [1.82, 2.24) is 0 Å². The third-order valence-electron chi connectivity index (χ3n) is 4.15. The van der Waals surface area contributed by atoms with Gasteiger partial charge >= 0.3 is 5.97 Å². The van der Waals surface area contributed by atoms with Crippen molar-refractivity contribution in [3.05, 3.63) is 53.6 Å². The molecule has 2 rings (SSSR count). The molecule has 2 heteroatoms. The molecular formula is C18H22O2. The Morgan fingerprint density at radius 3 is 2.60 bits per heavy atom. The number of rotatable bonds is 5. The molecule has 1 aliphatic rings. The quantitative estimate of drug-likeness (QED) is 0.843. The summed E-state index contributed by atoms with van der Waals surface area (Å²) in [6.45, 7) is 4.16. The van der Waals surface area contributed by atoms with Crippen LogP contribution in [0, 0.1) is 5.41 Å². The van der Waals surface area contributed by atoms with E-state index in [-0.39, 0.29) is 0 Å². The van der Waals surface area contributed by atoms with Crippen molar-refractivity contribution in [2.24, 2.45) is 5.41 Å². The topological polar surface area (TPSA) is 37.3 Å². The Bertz CT molecular complexity index is 540. The Balaban J connectivity index is 2.35. The second kappa shape index (κ2) is 6.08. The monoisotopic (exact) mass is 270 g/mol. The number of carboxylic acid groups (broad SMARTS) is 1. The molecule has 0 amide bonds. The molecule has 0 radical (unpaired) electrons. The number of allylic oxidation sites excluding steroid dienone is 3. The van der Waals surface area contributed by atoms with Crippen molar-refractivity contribution < 1.29 is 9.90 Å². The summed E-state index contributed by atoms with van der Waals surface area (Å²) < 4.78 is 0. The van der Waals surface area contributed by atoms with Crippen molar-refractivity contribution in [3.63, 3.8) is 0 Å². The summed E-state index contributed by atoms with van der Waals surface area (Å²) in [4.78, 5) is 11.8. The highest BCUT2D eigenvalue weighted by Gasteiger charge is 2.38. The molecule has 0 saturated carbocycles. The Kier molecular flexibility index (Phi) is 4.43. The molecule has 1 aromatic rings. The standard InChI is InChI=1S/C18H22O2/c1-3-4-11-18(17(19)20)12-10-14(2)16(13-18)15-8-6-5-7-9-15/h5-10,12H,3-4,11,13H2,1-2H3,(H,19,20). The highest BCUT2D eigenvalue weighted by atomic mass is 16.4. The zero-order valence-electron chi connectivity index (χ0n) is 12.2. The van der Waals surface area contributed by atoms with Crippen LogP contribution in [0.25, 0.3) is 5.57 Å². The fourth-order valence-corrected chi connectivity index (χ4v) is 2.79. The summed E-state index contributed by atoms with van der Waals surface area (Å²) in [6.07, 6.45) is 7.14. The van der Waals surface area contributed by atoms with Crippen LogP contribution in [0.15, 0.2) is 48.1 Å². The summed E-state index contributed by atoms with van der Waals surface area (Å²) in [5.74, 6) is -0.705. The van der Waals surface area contributed by atoms with Crippen molar-refractivity contribution in [2.45, 2.75) is 39.5 Å². The molecule has 0 heterocycles. The van der Waals surface area contributed by atoms with E-state index in [4.69, 9.17) is 0 Å². The van der Waals surface area contributed by atoms with Crippen LogP contribution in [-0.4, -0.2) is 11.1 Å². The van der Waals surface area contributed by atoms with Crippen molar-refractivity contribution in [2.75, 3.05) is 0 Å². The maximum absolute atomic E-state index is 11.8. The zero-order chi connectivity index (χ0) is 14.6. The number of hydrogen-bond acceptors (Lipinski definition) is 1. The predicted molar refractivity (Wildman–Crippen MR) is 82.4 cm³/mol. The molecule has 2 nitrogen and oxygen atoms in total. The number of benzene rings is 1. The first-order valence-corrected chi connectivity index (χ1v) is 7.27. The predicted octanol–water partition coefficient (Wildman–Crippen LogP) is 4.68. The van der Waals surface area contributed by atoms with Gasteiger partial charge in [-0.1, -0.05) is 62.2 Å². The average molecular weight is 270 g/mol. The van der Waals surface area contributed by atoms with Crippen LogP contribution < -0.4 is 0 Å². The Morgan fingerprint density at radius 1 is 1.30 bits per heavy atom. The lowest BCUT2D eigenvalue weighted by Crippen LogP contribution is -2.31. The Labute approximate surface area is 120 Å². The molecular weight excluding hydrogens is 248 g/mol. The van der Waals surface area contributed by atoms with Gasteiger partial charge in [-0.2, -0.15) is 0 Å². The molecule has 0 saturated heterocycles. The van der Waals surface area contributed by atoms with E-state index in [0.29, 0.717) is 12.8 Å². The normalized spacial score (nSPS) is 22.1. The number of carboxylic acids is 1. The van der Waals surface area contributed by atoms with Crippen LogP contribution in [0.3, 0.4) is 0 Å². The van der Waals surface area contributed by atoms with Crippen LogP contribution in [0.2, 0.25) is 0 Å². The largest absolute Gasteiger partial charge is 0.481 e. The lowest BCUT2D eigenvalue weighted by atomic mass is 9.72. The van der Waals surface area contributed by atoms with E-state index < -0.39 is 11.4 Å². The van der Waals surface area contributed by atoms with Gasteiger partial charge in [0.25, 0.3) is 0 Å². The molecule has 1 N–H and O–H groups in total. The van der Waals surface area contributed by atoms with Gasteiger partial charge < -0.3 is 5.11 Å². The van der Waals surface area contributed by atoms with Gasteiger partial charge in [-0.25, -0.2) is 0 Å². The minimum absolute atomic E-state index is 0.592. The Hall–Kier alpha value is -1.83. The fourth-order valence-electron chi connectivity index (χ4n) is 2.79. The maximum Gasteiger partial charge on any atom is 0.313 e. The highest BCUT2D eigenvalue weighted by Crippen LogP contribution is 2.42. The fraction of sp³-hybridized carbons (Fsp3) is 0.389. The summed E-state index contributed by atoms with van der Waals surface area (Å²) in [6, 6.07) is 10.1. The van der Waals surface area contributed by atoms with E-state index in [0.717, 1.165) is 24.0 Å². The van der Waals surface area contributed by atoms with E-state index in [2.05, 4.69) is 26.0 Å². The molecule has 0 aromatic heterocycles. The number of aliphatic carboxylic acids is 1. The van der Waals surface area contributed by atoms with Crippen molar-refractivity contribution in [1.29, 1.82) is 0 Å². The molecule has 1 atom stereocenters. The molecule has 0 fully saturated rings. The van der Waals surface area contributed by atoms with Crippen LogP contribution in [0.1, 0.15) is 45.1 Å². The molecule has 1 unspecified atom stereocenters. The first-order chi connectivity index (χ1) is 9.59. The van der Waals surface area contributed by atoms with Crippen LogP contribution >= 0.6 is 0 Å². The lowest BCUT2D eigenvalue weighted by molar-refractivity contribution is -0.146. The van der Waals surface area contributed by atoms with E-state index in [9.17, 15) is 9.90 Å². The molecule has 0 bridgehead atoms. The molecule has 0 spiro atoms. The molecule has 1 aromatic carbocycles. The van der Waals surface area contributed by atoms with Crippen molar-refractivity contribution >= 4 is 11.5 Å². The Morgan fingerprint density at radius 2 is 2.00 bits per heavy atom. The van der Waals surface area contributed by atoms with Gasteiger partial charge in [0, 0.05) is 0 Å². The van der Waals surface area contributed by atoms with E-state index in [1.54, 1.807) is 0 Å². The maximum atomic E-state index is 11.8. The zero-order valence-corrected chi connectivity index (χ0v) is 12.2. The van der Waals surface area contributed by atoms with E-state index in [1.807, 2.05) is 30.4 Å². The first kappa shape index (κ1) is 14.6. The second-order valence-corrected chi connectivity index (χ2v) is 5.60. The van der Waals surface area contributed by atoms with Crippen molar-refractivity contribution in [3.8, 4) is 0 Å².